The van der Waals surface area contributed by atoms with Crippen LogP contribution in [0.25, 0.3) is 11.4 Å². The number of benzene rings is 3. The van der Waals surface area contributed by atoms with Crippen LogP contribution in [0.15, 0.2) is 84.0 Å². The number of carbonyl (C=O) groups is 1. The zero-order valence-electron chi connectivity index (χ0n) is 19.1. The van der Waals surface area contributed by atoms with Gasteiger partial charge in [0.15, 0.2) is 11.0 Å². The Labute approximate surface area is 203 Å². The maximum atomic E-state index is 13.1. The molecule has 1 aliphatic heterocycles. The minimum Gasteiger partial charge on any atom is -0.496 e. The number of hydrogen-bond donors (Lipinski definition) is 0. The molecule has 2 heterocycles. The molecule has 4 aromatic rings. The highest BCUT2D eigenvalue weighted by Gasteiger charge is 2.25. The minimum absolute atomic E-state index is 0.0893. The quantitative estimate of drug-likeness (QED) is 0.344. The number of methoxy groups -OCH3 is 1. The second-order valence-corrected chi connectivity index (χ2v) is 9.05. The summed E-state index contributed by atoms with van der Waals surface area (Å²) in [6, 6.07) is 26.3. The molecule has 0 fully saturated rings. The molecule has 0 saturated heterocycles. The van der Waals surface area contributed by atoms with Crippen LogP contribution in [0.3, 0.4) is 0 Å². The Morgan fingerprint density at radius 1 is 0.971 bits per heavy atom. The zero-order valence-corrected chi connectivity index (χ0v) is 19.9. The summed E-state index contributed by atoms with van der Waals surface area (Å²) >= 11 is 1.44. The van der Waals surface area contributed by atoms with Crippen molar-refractivity contribution < 1.29 is 9.53 Å². The van der Waals surface area contributed by atoms with Crippen molar-refractivity contribution in [2.45, 2.75) is 24.5 Å². The molecule has 1 aliphatic rings. The molecule has 7 heteroatoms. The molecule has 6 nitrogen and oxygen atoms in total. The third-order valence-electron chi connectivity index (χ3n) is 6.04. The lowest BCUT2D eigenvalue weighted by Crippen LogP contribution is -2.30. The summed E-state index contributed by atoms with van der Waals surface area (Å²) in [5.74, 6) is 1.89. The molecule has 34 heavy (non-hydrogen) atoms. The van der Waals surface area contributed by atoms with Crippen LogP contribution in [0, 0.1) is 0 Å². The monoisotopic (exact) mass is 470 g/mol. The first-order valence-corrected chi connectivity index (χ1v) is 12.3. The number of rotatable bonds is 8. The lowest BCUT2D eigenvalue weighted by Gasteiger charge is -2.17. The average Bonchev–Trinajstić information content (AvgIpc) is 3.51. The SMILES string of the molecule is COc1ccccc1-c1nnc(SCC(=O)N2CCc3ccccc32)n1CCc1ccccc1. The number of aryl methyl sites for hydroxylation is 1. The van der Waals surface area contributed by atoms with Crippen molar-refractivity contribution in [3.8, 4) is 17.1 Å². The molecule has 0 spiro atoms. The normalized spacial score (nSPS) is 12.6. The smallest absolute Gasteiger partial charge is 0.237 e. The van der Waals surface area contributed by atoms with E-state index in [9.17, 15) is 4.79 Å². The largest absolute Gasteiger partial charge is 0.496 e. The molecule has 0 radical (unpaired) electrons. The van der Waals surface area contributed by atoms with Gasteiger partial charge >= 0.3 is 0 Å². The van der Waals surface area contributed by atoms with E-state index in [2.05, 4.69) is 33.0 Å². The Kier molecular flexibility index (Phi) is 6.62. The lowest BCUT2D eigenvalue weighted by atomic mass is 10.1. The van der Waals surface area contributed by atoms with Crippen LogP contribution in [0.2, 0.25) is 0 Å². The molecule has 1 amide bonds. The number of amides is 1. The standard InChI is InChI=1S/C27H26N4O2S/c1-33-24-14-8-6-12-22(24)26-28-29-27(31(26)17-15-20-9-3-2-4-10-20)34-19-25(32)30-18-16-21-11-5-7-13-23(21)30/h2-14H,15-19H2,1H3. The maximum absolute atomic E-state index is 13.1. The molecule has 3 aromatic carbocycles. The third-order valence-corrected chi connectivity index (χ3v) is 7.00. The molecule has 0 aliphatic carbocycles. The molecule has 172 valence electrons. The van der Waals surface area contributed by atoms with Gasteiger partial charge < -0.3 is 14.2 Å². The van der Waals surface area contributed by atoms with Crippen LogP contribution in [0.5, 0.6) is 5.75 Å². The van der Waals surface area contributed by atoms with Gasteiger partial charge in [0.25, 0.3) is 0 Å². The summed E-state index contributed by atoms with van der Waals surface area (Å²) < 4.78 is 7.68. The van der Waals surface area contributed by atoms with E-state index in [0.29, 0.717) is 12.3 Å². The predicted molar refractivity (Wildman–Crippen MR) is 135 cm³/mol. The lowest BCUT2D eigenvalue weighted by molar-refractivity contribution is -0.116. The highest BCUT2D eigenvalue weighted by atomic mass is 32.2. The van der Waals surface area contributed by atoms with Crippen LogP contribution < -0.4 is 9.64 Å². The van der Waals surface area contributed by atoms with Crippen molar-refractivity contribution in [3.63, 3.8) is 0 Å². The number of para-hydroxylation sites is 2. The van der Waals surface area contributed by atoms with Gasteiger partial charge in [0.05, 0.1) is 18.4 Å². The first-order valence-electron chi connectivity index (χ1n) is 11.4. The number of ether oxygens (including phenoxy) is 1. The summed E-state index contributed by atoms with van der Waals surface area (Å²) in [4.78, 5) is 15.0. The number of aromatic nitrogens is 3. The van der Waals surface area contributed by atoms with Gasteiger partial charge in [-0.2, -0.15) is 0 Å². The summed E-state index contributed by atoms with van der Waals surface area (Å²) in [5.41, 5.74) is 4.37. The Balaban J connectivity index is 1.39. The topological polar surface area (TPSA) is 60.3 Å². The molecular formula is C27H26N4O2S. The van der Waals surface area contributed by atoms with Crippen LogP contribution in [-0.4, -0.2) is 40.1 Å². The molecule has 1 aromatic heterocycles. The van der Waals surface area contributed by atoms with Crippen LogP contribution in [0.1, 0.15) is 11.1 Å². The van der Waals surface area contributed by atoms with Crippen LogP contribution in [0.4, 0.5) is 5.69 Å². The van der Waals surface area contributed by atoms with E-state index in [1.807, 2.05) is 65.6 Å². The van der Waals surface area contributed by atoms with Crippen molar-refractivity contribution in [2.24, 2.45) is 0 Å². The van der Waals surface area contributed by atoms with Crippen molar-refractivity contribution >= 4 is 23.4 Å². The second kappa shape index (κ2) is 10.1. The van der Waals surface area contributed by atoms with Gasteiger partial charge in [-0.15, -0.1) is 10.2 Å². The fraction of sp³-hybridized carbons (Fsp3) is 0.222. The number of carbonyl (C=O) groups excluding carboxylic acids is 1. The van der Waals surface area contributed by atoms with Gasteiger partial charge in [0.2, 0.25) is 5.91 Å². The van der Waals surface area contributed by atoms with Gasteiger partial charge in [-0.1, -0.05) is 72.4 Å². The Morgan fingerprint density at radius 3 is 2.59 bits per heavy atom. The van der Waals surface area contributed by atoms with Gasteiger partial charge in [0, 0.05) is 18.8 Å². The van der Waals surface area contributed by atoms with Crippen molar-refractivity contribution in [1.29, 1.82) is 0 Å². The van der Waals surface area contributed by atoms with E-state index in [0.717, 1.165) is 47.4 Å². The molecule has 0 atom stereocenters. The fourth-order valence-corrected chi connectivity index (χ4v) is 5.15. The third kappa shape index (κ3) is 4.56. The summed E-state index contributed by atoms with van der Waals surface area (Å²) in [5, 5.41) is 9.71. The summed E-state index contributed by atoms with van der Waals surface area (Å²) in [7, 11) is 1.66. The Bertz CT molecular complexity index is 1290. The molecule has 5 rings (SSSR count). The fourth-order valence-electron chi connectivity index (χ4n) is 4.31. The zero-order chi connectivity index (χ0) is 23.3. The number of hydrogen-bond acceptors (Lipinski definition) is 5. The second-order valence-electron chi connectivity index (χ2n) is 8.11. The first-order chi connectivity index (χ1) is 16.7. The Hall–Kier alpha value is -3.58. The van der Waals surface area contributed by atoms with Crippen LogP contribution >= 0.6 is 11.8 Å². The number of nitrogens with zero attached hydrogens (tertiary/aromatic N) is 4. The van der Waals surface area contributed by atoms with Gasteiger partial charge in [-0.25, -0.2) is 0 Å². The highest BCUT2D eigenvalue weighted by Crippen LogP contribution is 2.32. The molecule has 0 unspecified atom stereocenters. The van der Waals surface area contributed by atoms with E-state index in [1.165, 1.54) is 22.9 Å². The van der Waals surface area contributed by atoms with E-state index < -0.39 is 0 Å². The highest BCUT2D eigenvalue weighted by molar-refractivity contribution is 7.99. The maximum Gasteiger partial charge on any atom is 0.237 e. The molecule has 0 bridgehead atoms. The van der Waals surface area contributed by atoms with Crippen molar-refractivity contribution in [3.05, 3.63) is 90.0 Å². The summed E-state index contributed by atoms with van der Waals surface area (Å²) in [6.07, 6.45) is 1.74. The first kappa shape index (κ1) is 22.2. The average molecular weight is 471 g/mol. The van der Waals surface area contributed by atoms with Crippen molar-refractivity contribution in [1.82, 2.24) is 14.8 Å². The van der Waals surface area contributed by atoms with Crippen LogP contribution in [-0.2, 0) is 24.2 Å². The number of thioether (sulfide) groups is 1. The molecular weight excluding hydrogens is 444 g/mol. The Morgan fingerprint density at radius 2 is 1.74 bits per heavy atom. The van der Waals surface area contributed by atoms with Gasteiger partial charge in [-0.05, 0) is 42.2 Å². The number of fused-ring (bicyclic) bond motifs is 1. The van der Waals surface area contributed by atoms with Crippen molar-refractivity contribution in [2.75, 3.05) is 24.3 Å². The van der Waals surface area contributed by atoms with E-state index in [1.54, 1.807) is 7.11 Å². The molecule has 0 saturated carbocycles. The predicted octanol–water partition coefficient (Wildman–Crippen LogP) is 4.88. The number of anilines is 1. The minimum atomic E-state index is 0.0893. The van der Waals surface area contributed by atoms with Gasteiger partial charge in [-0.3, -0.25) is 4.79 Å². The summed E-state index contributed by atoms with van der Waals surface area (Å²) in [6.45, 7) is 1.43. The van der Waals surface area contributed by atoms with E-state index in [-0.39, 0.29) is 5.91 Å². The van der Waals surface area contributed by atoms with E-state index in [4.69, 9.17) is 4.74 Å². The van der Waals surface area contributed by atoms with E-state index >= 15 is 0 Å². The van der Waals surface area contributed by atoms with Gasteiger partial charge in [0.1, 0.15) is 5.75 Å². The molecule has 0 N–H and O–H groups in total.